The molecule has 0 radical (unpaired) electrons. The van der Waals surface area contributed by atoms with E-state index < -0.39 is 297 Å². The Balaban J connectivity index is 1.46. The maximum Gasteiger partial charge on any atom is 0.143 e. The molecular weight excluding hydrogens is 641 g/mol. The topological polar surface area (TPSA) is 13.1 Å². The van der Waals surface area contributed by atoms with Crippen molar-refractivity contribution in [2.24, 2.45) is 0 Å². The number of rotatable bonds is 4. The summed E-state index contributed by atoms with van der Waals surface area (Å²) >= 11 is 0. The van der Waals surface area contributed by atoms with Crippen molar-refractivity contribution in [3.05, 3.63) is 193 Å². The van der Waals surface area contributed by atoms with Crippen LogP contribution in [0.2, 0.25) is 0 Å². The molecule has 246 valence electrons. The van der Waals surface area contributed by atoms with Gasteiger partial charge in [0.15, 0.2) is 0 Å². The molecular formula is C52H32O. The van der Waals surface area contributed by atoms with Crippen molar-refractivity contribution in [2.75, 3.05) is 0 Å². The van der Waals surface area contributed by atoms with E-state index in [1.807, 2.05) is 0 Å². The van der Waals surface area contributed by atoms with Crippen LogP contribution in [0.25, 0.3) is 110 Å². The molecule has 0 aliphatic carbocycles. The standard InChI is InChI=1S/C52H32O/c1-3-15-33(16-4-1)36-29-37(34-17-5-2-6-18-34)31-38(30-36)50-44-24-12-10-22-42(44)49(43-23-11-13-25-45(43)50)35-27-28-48-47(32-35)51-41-21-9-7-19-39(41)40-20-8-14-26-46(40)52(51)53-48/h1-32H/i1D,2D,3D,4D,5D,6D,7D,8D,9D,10D,11D,12D,13D,14D,15D,16D,17D,18D,19D,20D,21D,22D,23D,24D,25D,26D,27D,28D,30D,31D,32D. The fourth-order valence-corrected chi connectivity index (χ4v) is 6.62. The molecule has 0 atom stereocenters. The van der Waals surface area contributed by atoms with E-state index in [9.17, 15) is 13.7 Å². The highest BCUT2D eigenvalue weighted by atomic mass is 16.3. The minimum absolute atomic E-state index is 0.452. The van der Waals surface area contributed by atoms with Crippen LogP contribution in [0.15, 0.2) is 198 Å². The molecule has 0 saturated heterocycles. The smallest absolute Gasteiger partial charge is 0.143 e. The Morgan fingerprint density at radius 2 is 0.736 bits per heavy atom. The van der Waals surface area contributed by atoms with Gasteiger partial charge in [-0.3, -0.25) is 0 Å². The average Bonchev–Trinajstić information content (AvgIpc) is 1.77. The summed E-state index contributed by atoms with van der Waals surface area (Å²) in [6.07, 6.45) is 0. The maximum atomic E-state index is 10.2. The molecule has 10 aromatic carbocycles. The number of fused-ring (bicyclic) bond motifs is 10. The molecule has 0 spiro atoms. The highest BCUT2D eigenvalue weighted by Crippen LogP contribution is 2.47. The molecule has 0 aliphatic heterocycles. The molecule has 0 amide bonds. The van der Waals surface area contributed by atoms with Gasteiger partial charge in [-0.1, -0.05) is 163 Å². The fraction of sp³-hybridized carbons (Fsp3) is 0. The zero-order valence-corrected chi connectivity index (χ0v) is 26.5. The van der Waals surface area contributed by atoms with Gasteiger partial charge < -0.3 is 4.42 Å². The first kappa shape index (κ1) is 12.3. The van der Waals surface area contributed by atoms with Crippen LogP contribution < -0.4 is 0 Å². The largest absolute Gasteiger partial charge is 0.455 e. The molecule has 0 fully saturated rings. The lowest BCUT2D eigenvalue weighted by atomic mass is 9.84. The molecule has 0 saturated carbocycles. The second kappa shape index (κ2) is 11.8. The summed E-state index contributed by atoms with van der Waals surface area (Å²) in [4.78, 5) is 0. The minimum Gasteiger partial charge on any atom is -0.455 e. The lowest BCUT2D eigenvalue weighted by molar-refractivity contribution is 0.673. The van der Waals surface area contributed by atoms with Crippen molar-refractivity contribution in [2.45, 2.75) is 0 Å². The van der Waals surface area contributed by atoms with E-state index in [-0.39, 0.29) is 0 Å². The normalized spacial score (nSPS) is 20.0. The van der Waals surface area contributed by atoms with Gasteiger partial charge in [0.1, 0.15) is 11.2 Å². The molecule has 0 N–H and O–H groups in total. The second-order valence-electron chi connectivity index (χ2n) is 11.6. The minimum atomic E-state index is -1.09. The van der Waals surface area contributed by atoms with Crippen molar-refractivity contribution in [3.8, 4) is 44.5 Å². The van der Waals surface area contributed by atoms with Crippen LogP contribution >= 0.6 is 0 Å². The Morgan fingerprint density at radius 1 is 0.302 bits per heavy atom. The van der Waals surface area contributed by atoms with Gasteiger partial charge >= 0.3 is 0 Å². The van der Waals surface area contributed by atoms with E-state index in [4.69, 9.17) is 33.2 Å². The van der Waals surface area contributed by atoms with Gasteiger partial charge in [0.05, 0.1) is 42.5 Å². The summed E-state index contributed by atoms with van der Waals surface area (Å²) < 4.78 is 288. The van der Waals surface area contributed by atoms with Crippen molar-refractivity contribution < 1.29 is 46.9 Å². The lowest BCUT2D eigenvalue weighted by Crippen LogP contribution is -1.92. The molecule has 11 aromatic rings. The summed E-state index contributed by atoms with van der Waals surface area (Å²) in [5.41, 5.74) is -7.64. The van der Waals surface area contributed by atoms with Crippen molar-refractivity contribution in [3.63, 3.8) is 0 Å². The summed E-state index contributed by atoms with van der Waals surface area (Å²) in [5.74, 6) is 0. The predicted molar refractivity (Wildman–Crippen MR) is 225 cm³/mol. The fourth-order valence-electron chi connectivity index (χ4n) is 6.62. The highest BCUT2D eigenvalue weighted by molar-refractivity contribution is 6.31. The maximum absolute atomic E-state index is 10.2. The molecule has 0 bridgehead atoms. The van der Waals surface area contributed by atoms with E-state index >= 15 is 0 Å². The van der Waals surface area contributed by atoms with Crippen molar-refractivity contribution in [1.29, 1.82) is 0 Å². The Bertz CT molecular complexity index is 4790. The third-order valence-electron chi connectivity index (χ3n) is 8.78. The quantitative estimate of drug-likeness (QED) is 0.131. The number of furan rings is 1. The summed E-state index contributed by atoms with van der Waals surface area (Å²) in [6.45, 7) is 0. The zero-order chi connectivity index (χ0) is 61.9. The van der Waals surface area contributed by atoms with Crippen LogP contribution in [0.3, 0.4) is 0 Å². The first-order valence-corrected chi connectivity index (χ1v) is 15.7. The van der Waals surface area contributed by atoms with Crippen LogP contribution in [0.4, 0.5) is 0 Å². The monoisotopic (exact) mass is 703 g/mol. The van der Waals surface area contributed by atoms with Crippen molar-refractivity contribution in [1.82, 2.24) is 0 Å². The van der Waals surface area contributed by atoms with E-state index in [0.717, 1.165) is 6.07 Å². The zero-order valence-electron chi connectivity index (χ0n) is 57.5. The van der Waals surface area contributed by atoms with Gasteiger partial charge in [-0.15, -0.1) is 0 Å². The van der Waals surface area contributed by atoms with Crippen LogP contribution in [0.5, 0.6) is 0 Å². The Morgan fingerprint density at radius 3 is 1.28 bits per heavy atom. The van der Waals surface area contributed by atoms with E-state index in [2.05, 4.69) is 0 Å². The second-order valence-corrected chi connectivity index (χ2v) is 11.6. The SMILES string of the molecule is [2H]c1c([2H])c([2H])c(-c2cc(-c3c([2H])c([2H])c([2H])c([2H])c3[2H])c([2H])c(-c3c4c([2H])c([2H])c([2H])c([2H])c4c(-c4c([2H])c([2H])c5oc6c7c([2H])c([2H])c([2H])c([2H])c7c7c([2H])c([2H])c([2H])c([2H])c7c6c5c4[2H])c4c([2H])c([2H])c([2H])c([2H])c34)c2[2H])c([2H])c1[2H]. The molecule has 1 heteroatoms. The molecule has 0 unspecified atom stereocenters. The number of hydrogen-bond acceptors (Lipinski definition) is 1. The molecule has 11 rings (SSSR count). The molecule has 1 aromatic heterocycles. The number of benzene rings is 10. The van der Waals surface area contributed by atoms with Gasteiger partial charge in [-0.25, -0.2) is 0 Å². The first-order valence-electron chi connectivity index (χ1n) is 31.2. The van der Waals surface area contributed by atoms with Crippen LogP contribution in [-0.4, -0.2) is 0 Å². The average molecular weight is 704 g/mol. The van der Waals surface area contributed by atoms with Crippen LogP contribution in [0.1, 0.15) is 42.5 Å². The third-order valence-corrected chi connectivity index (χ3v) is 8.78. The van der Waals surface area contributed by atoms with Gasteiger partial charge in [0, 0.05) is 16.2 Å². The van der Waals surface area contributed by atoms with Crippen molar-refractivity contribution >= 4 is 65.0 Å². The van der Waals surface area contributed by atoms with Gasteiger partial charge in [-0.2, -0.15) is 0 Å². The van der Waals surface area contributed by atoms with E-state index in [1.165, 1.54) is 0 Å². The van der Waals surface area contributed by atoms with Gasteiger partial charge in [0.2, 0.25) is 0 Å². The summed E-state index contributed by atoms with van der Waals surface area (Å²) in [6, 6.07) is -28.8. The lowest BCUT2D eigenvalue weighted by Gasteiger charge is -2.19. The first-order chi connectivity index (χ1) is 39.2. The molecule has 1 nitrogen and oxygen atoms in total. The van der Waals surface area contributed by atoms with E-state index in [0.29, 0.717) is 0 Å². The summed E-state index contributed by atoms with van der Waals surface area (Å²) in [5, 5.41) is -6.33. The Labute approximate surface area is 350 Å². The predicted octanol–water partition coefficient (Wildman–Crippen LogP) is 14.9. The Hall–Kier alpha value is -6.96. The van der Waals surface area contributed by atoms with Gasteiger partial charge in [0.25, 0.3) is 0 Å². The third kappa shape index (κ3) is 4.64. The van der Waals surface area contributed by atoms with Gasteiger partial charge in [-0.05, 0) is 112 Å². The van der Waals surface area contributed by atoms with Crippen LogP contribution in [0, 0.1) is 0 Å². The molecule has 0 aliphatic rings. The van der Waals surface area contributed by atoms with Crippen LogP contribution in [-0.2, 0) is 0 Å². The number of hydrogen-bond donors (Lipinski definition) is 0. The van der Waals surface area contributed by atoms with E-state index in [1.54, 1.807) is 0 Å². The Kier molecular flexibility index (Phi) is 2.74. The molecule has 1 heterocycles. The summed E-state index contributed by atoms with van der Waals surface area (Å²) in [7, 11) is 0. The molecule has 53 heavy (non-hydrogen) atoms. The highest BCUT2D eigenvalue weighted by Gasteiger charge is 2.20.